The summed E-state index contributed by atoms with van der Waals surface area (Å²) in [5, 5.41) is 13.2. The van der Waals surface area contributed by atoms with Crippen molar-refractivity contribution in [3.8, 4) is 11.8 Å². The fourth-order valence-corrected chi connectivity index (χ4v) is 2.43. The van der Waals surface area contributed by atoms with Gasteiger partial charge in [-0.1, -0.05) is 0 Å². The lowest BCUT2D eigenvalue weighted by atomic mass is 10.2. The van der Waals surface area contributed by atoms with Crippen molar-refractivity contribution in [2.24, 2.45) is 7.05 Å². The Balaban J connectivity index is 2.30. The van der Waals surface area contributed by atoms with Crippen LogP contribution in [0.3, 0.4) is 0 Å². The molecule has 0 aliphatic carbocycles. The molecule has 0 radical (unpaired) electrons. The Kier molecular flexibility index (Phi) is 3.17. The SMILES string of the molecule is Cn1cc(-n2c(CCCl)nc3ccc(C#N)cc32)cn1. The van der Waals surface area contributed by atoms with Crippen LogP contribution in [0.1, 0.15) is 11.4 Å². The van der Waals surface area contributed by atoms with E-state index in [1.807, 2.05) is 29.9 Å². The molecule has 0 amide bonds. The summed E-state index contributed by atoms with van der Waals surface area (Å²) in [5.41, 5.74) is 3.29. The first kappa shape index (κ1) is 12.7. The van der Waals surface area contributed by atoms with Crippen molar-refractivity contribution in [1.82, 2.24) is 19.3 Å². The Hall–Kier alpha value is -2.32. The summed E-state index contributed by atoms with van der Waals surface area (Å²) in [5.74, 6) is 1.37. The van der Waals surface area contributed by atoms with Crippen molar-refractivity contribution in [3.05, 3.63) is 42.0 Å². The maximum absolute atomic E-state index is 9.06. The summed E-state index contributed by atoms with van der Waals surface area (Å²) >= 11 is 5.86. The zero-order valence-electron chi connectivity index (χ0n) is 10.9. The Labute approximate surface area is 121 Å². The number of fused-ring (bicyclic) bond motifs is 1. The van der Waals surface area contributed by atoms with Crippen molar-refractivity contribution in [1.29, 1.82) is 5.26 Å². The monoisotopic (exact) mass is 285 g/mol. The van der Waals surface area contributed by atoms with Gasteiger partial charge in [0.05, 0.1) is 34.6 Å². The lowest BCUT2D eigenvalue weighted by molar-refractivity contribution is 0.767. The van der Waals surface area contributed by atoms with Gasteiger partial charge < -0.3 is 0 Å². The number of aromatic nitrogens is 4. The van der Waals surface area contributed by atoms with Crippen LogP contribution in [0, 0.1) is 11.3 Å². The first-order chi connectivity index (χ1) is 9.72. The van der Waals surface area contributed by atoms with E-state index in [1.165, 1.54) is 0 Å². The van der Waals surface area contributed by atoms with Crippen LogP contribution in [0.5, 0.6) is 0 Å². The molecule has 2 aromatic heterocycles. The van der Waals surface area contributed by atoms with Crippen molar-refractivity contribution in [2.45, 2.75) is 6.42 Å². The van der Waals surface area contributed by atoms with Crippen molar-refractivity contribution in [2.75, 3.05) is 5.88 Å². The molecular weight excluding hydrogens is 274 g/mol. The highest BCUT2D eigenvalue weighted by Gasteiger charge is 2.13. The molecule has 0 atom stereocenters. The summed E-state index contributed by atoms with van der Waals surface area (Å²) in [6, 6.07) is 7.63. The van der Waals surface area contributed by atoms with E-state index in [2.05, 4.69) is 16.2 Å². The van der Waals surface area contributed by atoms with Gasteiger partial charge in [-0.3, -0.25) is 9.25 Å². The number of halogens is 1. The van der Waals surface area contributed by atoms with E-state index < -0.39 is 0 Å². The molecular formula is C14H12ClN5. The van der Waals surface area contributed by atoms with Crippen LogP contribution in [0.15, 0.2) is 30.6 Å². The molecule has 0 saturated carbocycles. The van der Waals surface area contributed by atoms with Gasteiger partial charge in [0.1, 0.15) is 5.82 Å². The molecule has 5 nitrogen and oxygen atoms in total. The molecule has 0 aliphatic rings. The van der Waals surface area contributed by atoms with E-state index in [0.717, 1.165) is 22.5 Å². The maximum atomic E-state index is 9.06. The van der Waals surface area contributed by atoms with E-state index in [0.29, 0.717) is 17.9 Å². The molecule has 0 unspecified atom stereocenters. The average Bonchev–Trinajstić information content (AvgIpc) is 3.01. The predicted octanol–water partition coefficient (Wildman–Crippen LogP) is 2.41. The maximum Gasteiger partial charge on any atom is 0.115 e. The molecule has 0 bridgehead atoms. The molecule has 100 valence electrons. The normalized spacial score (nSPS) is 10.8. The number of alkyl halides is 1. The molecule has 6 heteroatoms. The van der Waals surface area contributed by atoms with Crippen LogP contribution >= 0.6 is 11.6 Å². The summed E-state index contributed by atoms with van der Waals surface area (Å²) in [4.78, 5) is 4.60. The van der Waals surface area contributed by atoms with Crippen LogP contribution in [-0.2, 0) is 13.5 Å². The highest BCUT2D eigenvalue weighted by Crippen LogP contribution is 2.23. The van der Waals surface area contributed by atoms with Crippen molar-refractivity contribution >= 4 is 22.6 Å². The minimum Gasteiger partial charge on any atom is -0.293 e. The first-order valence-electron chi connectivity index (χ1n) is 6.19. The second-order valence-electron chi connectivity index (χ2n) is 4.49. The highest BCUT2D eigenvalue weighted by atomic mass is 35.5. The average molecular weight is 286 g/mol. The number of nitriles is 1. The number of hydrogen-bond donors (Lipinski definition) is 0. The summed E-state index contributed by atoms with van der Waals surface area (Å²) in [6.45, 7) is 0. The molecule has 0 aliphatic heterocycles. The lowest BCUT2D eigenvalue weighted by Gasteiger charge is -2.05. The highest BCUT2D eigenvalue weighted by molar-refractivity contribution is 6.17. The van der Waals surface area contributed by atoms with Crippen molar-refractivity contribution < 1.29 is 0 Å². The van der Waals surface area contributed by atoms with E-state index in [-0.39, 0.29) is 0 Å². The van der Waals surface area contributed by atoms with Crippen molar-refractivity contribution in [3.63, 3.8) is 0 Å². The largest absolute Gasteiger partial charge is 0.293 e. The third kappa shape index (κ3) is 2.04. The van der Waals surface area contributed by atoms with Gasteiger partial charge >= 0.3 is 0 Å². The van der Waals surface area contributed by atoms with E-state index in [4.69, 9.17) is 16.9 Å². The number of hydrogen-bond acceptors (Lipinski definition) is 3. The summed E-state index contributed by atoms with van der Waals surface area (Å²) in [6.07, 6.45) is 4.35. The third-order valence-electron chi connectivity index (χ3n) is 3.12. The summed E-state index contributed by atoms with van der Waals surface area (Å²) < 4.78 is 3.74. The molecule has 0 N–H and O–H groups in total. The van der Waals surface area contributed by atoms with E-state index >= 15 is 0 Å². The molecule has 0 fully saturated rings. The molecule has 20 heavy (non-hydrogen) atoms. The fraction of sp³-hybridized carbons (Fsp3) is 0.214. The molecule has 3 aromatic rings. The number of imidazole rings is 1. The zero-order valence-corrected chi connectivity index (χ0v) is 11.7. The topological polar surface area (TPSA) is 59.4 Å². The molecule has 2 heterocycles. The molecule has 0 spiro atoms. The van der Waals surface area contributed by atoms with Crippen LogP contribution in [0.25, 0.3) is 16.7 Å². The van der Waals surface area contributed by atoms with Gasteiger partial charge in [0.2, 0.25) is 0 Å². The number of rotatable bonds is 3. The summed E-state index contributed by atoms with van der Waals surface area (Å²) in [7, 11) is 1.87. The third-order valence-corrected chi connectivity index (χ3v) is 3.31. The Bertz CT molecular complexity index is 809. The number of benzene rings is 1. The van der Waals surface area contributed by atoms with Crippen LogP contribution in [-0.4, -0.2) is 25.2 Å². The molecule has 3 rings (SSSR count). The Morgan fingerprint density at radius 2 is 2.25 bits per heavy atom. The predicted molar refractivity (Wildman–Crippen MR) is 77.0 cm³/mol. The Morgan fingerprint density at radius 3 is 2.90 bits per heavy atom. The van der Waals surface area contributed by atoms with Gasteiger partial charge in [-0.05, 0) is 18.2 Å². The van der Waals surface area contributed by atoms with Gasteiger partial charge in [0, 0.05) is 25.5 Å². The minimum atomic E-state index is 0.495. The smallest absolute Gasteiger partial charge is 0.115 e. The van der Waals surface area contributed by atoms with Crippen LogP contribution in [0.2, 0.25) is 0 Å². The Morgan fingerprint density at radius 1 is 1.40 bits per heavy atom. The van der Waals surface area contributed by atoms with E-state index in [1.54, 1.807) is 16.9 Å². The quantitative estimate of drug-likeness (QED) is 0.694. The van der Waals surface area contributed by atoms with Gasteiger partial charge in [-0.15, -0.1) is 11.6 Å². The van der Waals surface area contributed by atoms with Crippen LogP contribution in [0.4, 0.5) is 0 Å². The second kappa shape index (κ2) is 4.99. The number of nitrogens with zero attached hydrogens (tertiary/aromatic N) is 5. The van der Waals surface area contributed by atoms with Gasteiger partial charge in [0.15, 0.2) is 0 Å². The zero-order chi connectivity index (χ0) is 14.1. The van der Waals surface area contributed by atoms with Gasteiger partial charge in [-0.2, -0.15) is 10.4 Å². The second-order valence-corrected chi connectivity index (χ2v) is 4.87. The van der Waals surface area contributed by atoms with Crippen LogP contribution < -0.4 is 0 Å². The standard InChI is InChI=1S/C14H12ClN5/c1-19-9-11(8-17-19)20-13-6-10(7-16)2-3-12(13)18-14(20)4-5-15/h2-3,6,8-9H,4-5H2,1H3. The van der Waals surface area contributed by atoms with Gasteiger partial charge in [0.25, 0.3) is 0 Å². The molecule has 1 aromatic carbocycles. The fourth-order valence-electron chi connectivity index (χ4n) is 2.26. The lowest BCUT2D eigenvalue weighted by Crippen LogP contribution is -2.01. The molecule has 0 saturated heterocycles. The van der Waals surface area contributed by atoms with E-state index in [9.17, 15) is 0 Å². The van der Waals surface area contributed by atoms with Gasteiger partial charge in [-0.25, -0.2) is 4.98 Å². The first-order valence-corrected chi connectivity index (χ1v) is 6.73. The number of aryl methyl sites for hydroxylation is 2. The minimum absolute atomic E-state index is 0.495.